The first-order chi connectivity index (χ1) is 16.2. The number of nitrogens with zero attached hydrogens (tertiary/aromatic N) is 2. The number of carbonyl (C=O) groups excluding carboxylic acids is 1. The molecule has 0 aliphatic rings. The number of nitro benzene ring substituents is 1. The molecule has 1 heterocycles. The predicted octanol–water partition coefficient (Wildman–Crippen LogP) is 3.82. The first-order valence-electron chi connectivity index (χ1n) is 10.4. The van der Waals surface area contributed by atoms with E-state index in [1.165, 1.54) is 43.3 Å². The van der Waals surface area contributed by atoms with E-state index in [1.54, 1.807) is 12.3 Å². The summed E-state index contributed by atoms with van der Waals surface area (Å²) in [6.45, 7) is 4.25. The van der Waals surface area contributed by atoms with E-state index in [2.05, 4.69) is 15.0 Å². The molecule has 0 saturated heterocycles. The Hall–Kier alpha value is -3.99. The van der Waals surface area contributed by atoms with Crippen molar-refractivity contribution in [2.45, 2.75) is 31.7 Å². The van der Waals surface area contributed by atoms with Crippen LogP contribution >= 0.6 is 0 Å². The maximum Gasteiger partial charge on any atom is 0.273 e. The third-order valence-electron chi connectivity index (χ3n) is 4.82. The number of carbonyl (C=O) groups is 1. The standard InChI is InChI=1S/C23H24N4O6S/c1-3-13-33-23-18(5-4-12-24-23)15-25-22(28)17-7-9-19(10-8-17)26-34(31,32)20-11-6-16(2)21(14-20)27(29)30/h4-12,14,26H,3,13,15H2,1-2H3,(H,25,28). The van der Waals surface area contributed by atoms with Gasteiger partial charge in [-0.15, -0.1) is 0 Å². The van der Waals surface area contributed by atoms with Crippen molar-refractivity contribution < 1.29 is 22.9 Å². The number of rotatable bonds is 10. The van der Waals surface area contributed by atoms with Crippen molar-refractivity contribution in [2.24, 2.45) is 0 Å². The molecule has 0 bridgehead atoms. The molecule has 0 atom stereocenters. The first-order valence-corrected chi connectivity index (χ1v) is 11.9. The summed E-state index contributed by atoms with van der Waals surface area (Å²) < 4.78 is 33.2. The highest BCUT2D eigenvalue weighted by atomic mass is 32.2. The van der Waals surface area contributed by atoms with Crippen LogP contribution < -0.4 is 14.8 Å². The number of nitrogens with one attached hydrogen (secondary N) is 2. The summed E-state index contributed by atoms with van der Waals surface area (Å²) in [6.07, 6.45) is 2.45. The maximum absolute atomic E-state index is 12.6. The average molecular weight is 485 g/mol. The number of sulfonamides is 1. The van der Waals surface area contributed by atoms with Crippen LogP contribution in [0.5, 0.6) is 5.88 Å². The van der Waals surface area contributed by atoms with Crippen molar-refractivity contribution in [3.8, 4) is 5.88 Å². The van der Waals surface area contributed by atoms with Gasteiger partial charge in [-0.1, -0.05) is 19.1 Å². The van der Waals surface area contributed by atoms with Crippen LogP contribution in [-0.2, 0) is 16.6 Å². The molecule has 0 radical (unpaired) electrons. The van der Waals surface area contributed by atoms with Crippen LogP contribution in [0.15, 0.2) is 65.7 Å². The van der Waals surface area contributed by atoms with E-state index in [-0.39, 0.29) is 28.7 Å². The number of amides is 1. The van der Waals surface area contributed by atoms with Crippen LogP contribution in [-0.4, -0.2) is 30.8 Å². The van der Waals surface area contributed by atoms with Gasteiger partial charge < -0.3 is 10.1 Å². The molecule has 0 fully saturated rings. The zero-order valence-electron chi connectivity index (χ0n) is 18.6. The van der Waals surface area contributed by atoms with Gasteiger partial charge in [0.1, 0.15) is 0 Å². The molecule has 1 amide bonds. The minimum atomic E-state index is -4.05. The molecule has 2 aromatic carbocycles. The summed E-state index contributed by atoms with van der Waals surface area (Å²) in [5.74, 6) is 0.111. The number of ether oxygens (including phenoxy) is 1. The largest absolute Gasteiger partial charge is 0.477 e. The summed E-state index contributed by atoms with van der Waals surface area (Å²) in [7, 11) is -4.05. The number of hydrogen-bond acceptors (Lipinski definition) is 7. The van der Waals surface area contributed by atoms with E-state index < -0.39 is 14.9 Å². The third kappa shape index (κ3) is 6.07. The van der Waals surface area contributed by atoms with E-state index in [4.69, 9.17) is 4.74 Å². The van der Waals surface area contributed by atoms with Gasteiger partial charge in [0.05, 0.1) is 16.4 Å². The summed E-state index contributed by atoms with van der Waals surface area (Å²) >= 11 is 0. The van der Waals surface area contributed by atoms with Crippen LogP contribution in [0.3, 0.4) is 0 Å². The Morgan fingerprint density at radius 1 is 1.15 bits per heavy atom. The number of anilines is 1. The Labute approximate surface area is 197 Å². The van der Waals surface area contributed by atoms with Gasteiger partial charge in [0.2, 0.25) is 5.88 Å². The van der Waals surface area contributed by atoms with Crippen molar-refractivity contribution in [1.82, 2.24) is 10.3 Å². The smallest absolute Gasteiger partial charge is 0.273 e. The van der Waals surface area contributed by atoms with Gasteiger partial charge in [0.15, 0.2) is 0 Å². The predicted molar refractivity (Wildman–Crippen MR) is 126 cm³/mol. The summed E-state index contributed by atoms with van der Waals surface area (Å²) in [5, 5.41) is 13.9. The zero-order chi connectivity index (χ0) is 24.7. The molecule has 3 rings (SSSR count). The lowest BCUT2D eigenvalue weighted by Crippen LogP contribution is -2.23. The van der Waals surface area contributed by atoms with Crippen molar-refractivity contribution >= 4 is 27.3 Å². The Morgan fingerprint density at radius 3 is 2.56 bits per heavy atom. The molecule has 1 aromatic heterocycles. The molecule has 0 unspecified atom stereocenters. The molecule has 10 nitrogen and oxygen atoms in total. The topological polar surface area (TPSA) is 141 Å². The molecule has 0 aliphatic heterocycles. The lowest BCUT2D eigenvalue weighted by molar-refractivity contribution is -0.385. The Balaban J connectivity index is 1.67. The zero-order valence-corrected chi connectivity index (χ0v) is 19.5. The molecule has 178 valence electrons. The number of aromatic nitrogens is 1. The normalized spacial score (nSPS) is 11.0. The van der Waals surface area contributed by atoms with Crippen LogP contribution in [0.25, 0.3) is 0 Å². The highest BCUT2D eigenvalue weighted by Gasteiger charge is 2.20. The second-order valence-electron chi connectivity index (χ2n) is 7.39. The van der Waals surface area contributed by atoms with Crippen LogP contribution in [0.4, 0.5) is 11.4 Å². The van der Waals surface area contributed by atoms with Gasteiger partial charge in [-0.05, 0) is 49.7 Å². The van der Waals surface area contributed by atoms with Crippen molar-refractivity contribution in [3.63, 3.8) is 0 Å². The summed E-state index contributed by atoms with van der Waals surface area (Å²) in [5.41, 5.74) is 1.35. The van der Waals surface area contributed by atoms with E-state index in [1.807, 2.05) is 13.0 Å². The molecular formula is C23H24N4O6S. The van der Waals surface area contributed by atoms with Crippen LogP contribution in [0, 0.1) is 17.0 Å². The van der Waals surface area contributed by atoms with E-state index in [0.717, 1.165) is 18.1 Å². The second kappa shape index (κ2) is 10.8. The Bertz CT molecular complexity index is 1290. The van der Waals surface area contributed by atoms with Gasteiger partial charge >= 0.3 is 0 Å². The van der Waals surface area contributed by atoms with Gasteiger partial charge in [0, 0.05) is 41.2 Å². The second-order valence-corrected chi connectivity index (χ2v) is 9.07. The highest BCUT2D eigenvalue weighted by Crippen LogP contribution is 2.24. The summed E-state index contributed by atoms with van der Waals surface area (Å²) in [6, 6.07) is 13.1. The SMILES string of the molecule is CCCOc1ncccc1CNC(=O)c1ccc(NS(=O)(=O)c2ccc(C)c([N+](=O)[O-])c2)cc1. The molecule has 0 spiro atoms. The lowest BCUT2D eigenvalue weighted by atomic mass is 10.2. The van der Waals surface area contributed by atoms with Crippen molar-refractivity contribution in [1.29, 1.82) is 0 Å². The molecule has 3 aromatic rings. The molecule has 0 saturated carbocycles. The molecule has 34 heavy (non-hydrogen) atoms. The fourth-order valence-electron chi connectivity index (χ4n) is 3.02. The number of pyridine rings is 1. The number of aryl methyl sites for hydroxylation is 1. The van der Waals surface area contributed by atoms with Gasteiger partial charge in [-0.3, -0.25) is 19.6 Å². The van der Waals surface area contributed by atoms with E-state index >= 15 is 0 Å². The van der Waals surface area contributed by atoms with Gasteiger partial charge in [0.25, 0.3) is 21.6 Å². The minimum Gasteiger partial charge on any atom is -0.477 e. The fraction of sp³-hybridized carbons (Fsp3) is 0.217. The summed E-state index contributed by atoms with van der Waals surface area (Å²) in [4.78, 5) is 26.9. The van der Waals surface area contributed by atoms with E-state index in [0.29, 0.717) is 23.6 Å². The highest BCUT2D eigenvalue weighted by molar-refractivity contribution is 7.92. The Morgan fingerprint density at radius 2 is 1.88 bits per heavy atom. The average Bonchev–Trinajstić information content (AvgIpc) is 2.82. The van der Waals surface area contributed by atoms with Crippen molar-refractivity contribution in [2.75, 3.05) is 11.3 Å². The Kier molecular flexibility index (Phi) is 7.79. The number of benzene rings is 2. The first kappa shape index (κ1) is 24.6. The van der Waals surface area contributed by atoms with Crippen LogP contribution in [0.1, 0.15) is 34.8 Å². The third-order valence-corrected chi connectivity index (χ3v) is 6.20. The number of nitro groups is 1. The monoisotopic (exact) mass is 484 g/mol. The van der Waals surface area contributed by atoms with Crippen LogP contribution in [0.2, 0.25) is 0 Å². The molecule has 11 heteroatoms. The fourth-order valence-corrected chi connectivity index (χ4v) is 4.10. The maximum atomic E-state index is 12.6. The van der Waals surface area contributed by atoms with Gasteiger partial charge in [-0.2, -0.15) is 0 Å². The number of hydrogen-bond donors (Lipinski definition) is 2. The quantitative estimate of drug-likeness (QED) is 0.329. The molecule has 0 aliphatic carbocycles. The van der Waals surface area contributed by atoms with E-state index in [9.17, 15) is 23.3 Å². The van der Waals surface area contributed by atoms with Crippen molar-refractivity contribution in [3.05, 3.63) is 87.6 Å². The molecular weight excluding hydrogens is 460 g/mol. The minimum absolute atomic E-state index is 0.210. The lowest BCUT2D eigenvalue weighted by Gasteiger charge is -2.11. The molecule has 2 N–H and O–H groups in total. The van der Waals surface area contributed by atoms with Gasteiger partial charge in [-0.25, -0.2) is 13.4 Å².